The van der Waals surface area contributed by atoms with E-state index in [2.05, 4.69) is 9.82 Å². The summed E-state index contributed by atoms with van der Waals surface area (Å²) in [7, 11) is -1.88. The van der Waals surface area contributed by atoms with Gasteiger partial charge in [-0.15, -0.1) is 0 Å². The standard InChI is InChI=1S/C9H17N3O3S/c1-9(2,7-13)6-11-16(14,15)8-4-10-12(3)5-8/h4-5,11,13H,6-7H2,1-3H3. The molecule has 0 aliphatic rings. The monoisotopic (exact) mass is 247 g/mol. The van der Waals surface area contributed by atoms with E-state index in [4.69, 9.17) is 5.11 Å². The highest BCUT2D eigenvalue weighted by molar-refractivity contribution is 7.89. The SMILES string of the molecule is Cn1cc(S(=O)(=O)NCC(C)(C)CO)cn1. The molecule has 92 valence electrons. The van der Waals surface area contributed by atoms with Crippen LogP contribution in [-0.4, -0.2) is 36.5 Å². The number of sulfonamides is 1. The Hall–Kier alpha value is -0.920. The Balaban J connectivity index is 2.74. The van der Waals surface area contributed by atoms with Gasteiger partial charge in [0.15, 0.2) is 0 Å². The zero-order valence-electron chi connectivity index (χ0n) is 9.64. The molecule has 0 aromatic carbocycles. The third kappa shape index (κ3) is 3.29. The summed E-state index contributed by atoms with van der Waals surface area (Å²) in [5.74, 6) is 0. The number of aliphatic hydroxyl groups excluding tert-OH is 1. The number of hydrogen-bond donors (Lipinski definition) is 2. The van der Waals surface area contributed by atoms with E-state index in [-0.39, 0.29) is 18.0 Å². The maximum absolute atomic E-state index is 11.8. The van der Waals surface area contributed by atoms with Crippen molar-refractivity contribution in [3.63, 3.8) is 0 Å². The van der Waals surface area contributed by atoms with Gasteiger partial charge in [0.25, 0.3) is 0 Å². The van der Waals surface area contributed by atoms with E-state index in [0.717, 1.165) is 0 Å². The lowest BCUT2D eigenvalue weighted by atomic mass is 9.96. The molecule has 0 unspecified atom stereocenters. The predicted octanol–water partition coefficient (Wildman–Crippen LogP) is -0.283. The molecule has 0 spiro atoms. The van der Waals surface area contributed by atoms with Gasteiger partial charge < -0.3 is 5.11 Å². The van der Waals surface area contributed by atoms with Gasteiger partial charge in [-0.05, 0) is 0 Å². The molecule has 0 saturated carbocycles. The lowest BCUT2D eigenvalue weighted by Crippen LogP contribution is -2.35. The molecule has 1 aromatic heterocycles. The number of hydrogen-bond acceptors (Lipinski definition) is 4. The molecule has 1 heterocycles. The zero-order valence-corrected chi connectivity index (χ0v) is 10.5. The van der Waals surface area contributed by atoms with Crippen LogP contribution in [0.3, 0.4) is 0 Å². The minimum atomic E-state index is -3.53. The maximum atomic E-state index is 11.8. The fourth-order valence-electron chi connectivity index (χ4n) is 0.967. The Morgan fingerprint density at radius 2 is 2.19 bits per heavy atom. The normalized spacial score (nSPS) is 13.0. The minimum Gasteiger partial charge on any atom is -0.396 e. The van der Waals surface area contributed by atoms with Gasteiger partial charge in [0.1, 0.15) is 4.90 Å². The van der Waals surface area contributed by atoms with Crippen LogP contribution in [-0.2, 0) is 17.1 Å². The van der Waals surface area contributed by atoms with Gasteiger partial charge in [0, 0.05) is 31.8 Å². The van der Waals surface area contributed by atoms with Crippen LogP contribution in [0.1, 0.15) is 13.8 Å². The lowest BCUT2D eigenvalue weighted by molar-refractivity contribution is 0.163. The number of nitrogens with zero attached hydrogens (tertiary/aromatic N) is 2. The van der Waals surface area contributed by atoms with Crippen molar-refractivity contribution in [2.75, 3.05) is 13.2 Å². The summed E-state index contributed by atoms with van der Waals surface area (Å²) in [4.78, 5) is 0.128. The van der Waals surface area contributed by atoms with Crippen LogP contribution in [0.25, 0.3) is 0 Å². The first-order valence-electron chi connectivity index (χ1n) is 4.86. The van der Waals surface area contributed by atoms with Gasteiger partial charge in [0.05, 0.1) is 6.20 Å². The summed E-state index contributed by atoms with van der Waals surface area (Å²) in [6.07, 6.45) is 2.71. The summed E-state index contributed by atoms with van der Waals surface area (Å²) in [6, 6.07) is 0. The van der Waals surface area contributed by atoms with E-state index >= 15 is 0 Å². The van der Waals surface area contributed by atoms with Crippen molar-refractivity contribution in [3.8, 4) is 0 Å². The van der Waals surface area contributed by atoms with Crippen molar-refractivity contribution >= 4 is 10.0 Å². The Morgan fingerprint density at radius 1 is 1.56 bits per heavy atom. The van der Waals surface area contributed by atoms with Gasteiger partial charge in [-0.2, -0.15) is 5.10 Å². The van der Waals surface area contributed by atoms with Crippen LogP contribution < -0.4 is 4.72 Å². The van der Waals surface area contributed by atoms with Crippen LogP contribution in [0.5, 0.6) is 0 Å². The van der Waals surface area contributed by atoms with E-state index in [0.29, 0.717) is 0 Å². The second-order valence-electron chi connectivity index (χ2n) is 4.50. The van der Waals surface area contributed by atoms with Gasteiger partial charge >= 0.3 is 0 Å². The van der Waals surface area contributed by atoms with Crippen molar-refractivity contribution in [2.24, 2.45) is 12.5 Å². The van der Waals surface area contributed by atoms with Crippen molar-refractivity contribution < 1.29 is 13.5 Å². The van der Waals surface area contributed by atoms with Crippen LogP contribution in [0, 0.1) is 5.41 Å². The van der Waals surface area contributed by atoms with Crippen molar-refractivity contribution in [1.29, 1.82) is 0 Å². The average molecular weight is 247 g/mol. The highest BCUT2D eigenvalue weighted by Gasteiger charge is 2.22. The van der Waals surface area contributed by atoms with Gasteiger partial charge in [-0.3, -0.25) is 4.68 Å². The quantitative estimate of drug-likeness (QED) is 0.749. The third-order valence-electron chi connectivity index (χ3n) is 2.16. The molecule has 0 fully saturated rings. The van der Waals surface area contributed by atoms with Crippen LogP contribution in [0.15, 0.2) is 17.3 Å². The second-order valence-corrected chi connectivity index (χ2v) is 6.26. The summed E-state index contributed by atoms with van der Waals surface area (Å²) >= 11 is 0. The molecule has 0 aliphatic carbocycles. The fourth-order valence-corrected chi connectivity index (χ4v) is 2.19. The number of aryl methyl sites for hydroxylation is 1. The zero-order chi connectivity index (χ0) is 12.4. The molecule has 0 bridgehead atoms. The molecule has 16 heavy (non-hydrogen) atoms. The fraction of sp³-hybridized carbons (Fsp3) is 0.667. The maximum Gasteiger partial charge on any atom is 0.243 e. The molecule has 0 radical (unpaired) electrons. The van der Waals surface area contributed by atoms with Crippen molar-refractivity contribution in [2.45, 2.75) is 18.7 Å². The highest BCUT2D eigenvalue weighted by Crippen LogP contribution is 2.14. The Kier molecular flexibility index (Phi) is 3.72. The molecule has 0 atom stereocenters. The summed E-state index contributed by atoms with van der Waals surface area (Å²) in [6.45, 7) is 3.65. The van der Waals surface area contributed by atoms with Gasteiger partial charge in [-0.1, -0.05) is 13.8 Å². The largest absolute Gasteiger partial charge is 0.396 e. The lowest BCUT2D eigenvalue weighted by Gasteiger charge is -2.21. The van der Waals surface area contributed by atoms with E-state index in [1.165, 1.54) is 17.1 Å². The van der Waals surface area contributed by atoms with Crippen molar-refractivity contribution in [3.05, 3.63) is 12.4 Å². The van der Waals surface area contributed by atoms with Crippen LogP contribution in [0.2, 0.25) is 0 Å². The molecule has 1 aromatic rings. The average Bonchev–Trinajstić information content (AvgIpc) is 2.63. The molecule has 6 nitrogen and oxygen atoms in total. The molecule has 1 rings (SSSR count). The topological polar surface area (TPSA) is 84.2 Å². The molecule has 0 aliphatic heterocycles. The number of aliphatic hydroxyl groups is 1. The van der Waals surface area contributed by atoms with E-state index < -0.39 is 15.4 Å². The summed E-state index contributed by atoms with van der Waals surface area (Å²) in [5, 5.41) is 12.8. The van der Waals surface area contributed by atoms with Gasteiger partial charge in [-0.25, -0.2) is 13.1 Å². The van der Waals surface area contributed by atoms with E-state index in [1.807, 2.05) is 0 Å². The van der Waals surface area contributed by atoms with Crippen LogP contribution in [0.4, 0.5) is 0 Å². The molecule has 0 amide bonds. The molecule has 2 N–H and O–H groups in total. The Bertz CT molecular complexity index is 450. The summed E-state index contributed by atoms with van der Waals surface area (Å²) in [5.41, 5.74) is -0.477. The second kappa shape index (κ2) is 4.52. The number of rotatable bonds is 5. The first-order valence-corrected chi connectivity index (χ1v) is 6.34. The molecular formula is C9H17N3O3S. The first-order chi connectivity index (χ1) is 7.27. The van der Waals surface area contributed by atoms with E-state index in [9.17, 15) is 8.42 Å². The minimum absolute atomic E-state index is 0.0808. The van der Waals surface area contributed by atoms with Crippen LogP contribution >= 0.6 is 0 Å². The number of nitrogens with one attached hydrogen (secondary N) is 1. The molecule has 0 saturated heterocycles. The summed E-state index contributed by atoms with van der Waals surface area (Å²) < 4.78 is 27.4. The van der Waals surface area contributed by atoms with Gasteiger partial charge in [0.2, 0.25) is 10.0 Å². The smallest absolute Gasteiger partial charge is 0.243 e. The highest BCUT2D eigenvalue weighted by atomic mass is 32.2. The molecule has 7 heteroatoms. The Morgan fingerprint density at radius 3 is 2.62 bits per heavy atom. The predicted molar refractivity (Wildman–Crippen MR) is 59.3 cm³/mol. The first kappa shape index (κ1) is 13.1. The molecular weight excluding hydrogens is 230 g/mol. The number of aromatic nitrogens is 2. The van der Waals surface area contributed by atoms with E-state index in [1.54, 1.807) is 20.9 Å². The van der Waals surface area contributed by atoms with Crippen molar-refractivity contribution in [1.82, 2.24) is 14.5 Å². The third-order valence-corrected chi connectivity index (χ3v) is 3.52. The Labute approximate surface area is 95.3 Å².